The van der Waals surface area contributed by atoms with Crippen LogP contribution in [0.5, 0.6) is 11.5 Å². The van der Waals surface area contributed by atoms with Crippen LogP contribution in [0.25, 0.3) is 11.0 Å². The minimum absolute atomic E-state index is 0.102. The van der Waals surface area contributed by atoms with Gasteiger partial charge in [-0.2, -0.15) is 5.26 Å². The molecule has 56 heavy (non-hydrogen) atoms. The third-order valence-corrected chi connectivity index (χ3v) is 12.0. The van der Waals surface area contributed by atoms with Crippen LogP contribution < -0.4 is 25.0 Å². The molecular weight excluding hydrogens is 732 g/mol. The van der Waals surface area contributed by atoms with Crippen molar-refractivity contribution in [2.75, 3.05) is 44.2 Å². The molecule has 1 saturated carbocycles. The second-order valence-electron chi connectivity index (χ2n) is 16.3. The fourth-order valence-electron chi connectivity index (χ4n) is 8.90. The monoisotopic (exact) mass is 780 g/mol. The Hall–Kier alpha value is -5.12. The van der Waals surface area contributed by atoms with Gasteiger partial charge in [-0.15, -0.1) is 0 Å². The van der Waals surface area contributed by atoms with Crippen LogP contribution in [0.2, 0.25) is 5.02 Å². The highest BCUT2D eigenvalue weighted by Crippen LogP contribution is 2.55. The second-order valence-corrected chi connectivity index (χ2v) is 16.7. The first-order valence-electron chi connectivity index (χ1n) is 19.5. The van der Waals surface area contributed by atoms with E-state index in [1.807, 2.05) is 36.4 Å². The molecule has 4 aromatic rings. The van der Waals surface area contributed by atoms with Crippen LogP contribution in [0.3, 0.4) is 0 Å². The van der Waals surface area contributed by atoms with Gasteiger partial charge < -0.3 is 24.2 Å². The molecule has 1 unspecified atom stereocenters. The molecule has 3 heterocycles. The Morgan fingerprint density at radius 1 is 0.982 bits per heavy atom. The molecule has 2 N–H and O–H groups in total. The van der Waals surface area contributed by atoms with E-state index in [1.165, 1.54) is 0 Å². The maximum Gasteiger partial charge on any atom is 0.251 e. The molecule has 1 aromatic heterocycles. The molecule has 2 saturated heterocycles. The smallest absolute Gasteiger partial charge is 0.251 e. The van der Waals surface area contributed by atoms with Crippen molar-refractivity contribution in [1.82, 2.24) is 20.7 Å². The molecule has 1 aliphatic carbocycles. The van der Waals surface area contributed by atoms with Crippen molar-refractivity contribution in [2.45, 2.75) is 77.9 Å². The number of hydrogen-bond acceptors (Lipinski definition) is 10. The maximum absolute atomic E-state index is 13.4. The second kappa shape index (κ2) is 16.2. The fourth-order valence-corrected chi connectivity index (χ4v) is 9.11. The van der Waals surface area contributed by atoms with Gasteiger partial charge in [0, 0.05) is 78.2 Å². The molecule has 2 aliphatic heterocycles. The molecule has 1 atom stereocenters. The number of ether oxygens (including phenoxy) is 2. The number of aromatic nitrogens is 1. The molecular formula is C43H49ClN6O6. The number of rotatable bonds is 13. The zero-order valence-electron chi connectivity index (χ0n) is 32.4. The summed E-state index contributed by atoms with van der Waals surface area (Å²) in [4.78, 5) is 42.1. The van der Waals surface area contributed by atoms with Gasteiger partial charge in [-0.05, 0) is 80.8 Å². The van der Waals surface area contributed by atoms with Crippen molar-refractivity contribution in [3.63, 3.8) is 0 Å². The van der Waals surface area contributed by atoms with Gasteiger partial charge in [0.05, 0.1) is 23.1 Å². The lowest BCUT2D eigenvalue weighted by atomic mass is 9.49. The lowest BCUT2D eigenvalue weighted by molar-refractivity contribution is -0.164. The third kappa shape index (κ3) is 8.06. The quantitative estimate of drug-likeness (QED) is 0.109. The molecule has 3 amide bonds. The number of benzene rings is 3. The summed E-state index contributed by atoms with van der Waals surface area (Å²) < 4.78 is 17.9. The molecule has 0 radical (unpaired) electrons. The number of nitrogens with one attached hydrogen (secondary N) is 2. The SMILES string of the molecule is CC1(C)C(NC(=O)c2ccc(N3CCN(CCCCCOc4ccc5c(C6CCC(=O)NC6=O)noc5c4)CC3)cc2)C(C)(C)C1Oc1ccc(C#N)c(Cl)c1. The van der Waals surface area contributed by atoms with Crippen molar-refractivity contribution in [2.24, 2.45) is 10.8 Å². The molecule has 12 nitrogen and oxygen atoms in total. The first-order chi connectivity index (χ1) is 26.8. The Balaban J connectivity index is 0.806. The molecule has 3 aliphatic rings. The molecule has 0 bridgehead atoms. The number of amides is 3. The number of nitriles is 1. The van der Waals surface area contributed by atoms with Crippen LogP contribution in [0.4, 0.5) is 5.69 Å². The Kier molecular flexibility index (Phi) is 11.3. The Morgan fingerprint density at radius 3 is 2.41 bits per heavy atom. The lowest BCUT2D eigenvalue weighted by Crippen LogP contribution is -2.74. The zero-order valence-corrected chi connectivity index (χ0v) is 33.2. The number of piperazine rings is 1. The zero-order chi connectivity index (χ0) is 39.6. The van der Waals surface area contributed by atoms with Crippen molar-refractivity contribution in [3.8, 4) is 17.6 Å². The number of piperidine rings is 1. The largest absolute Gasteiger partial charge is 0.493 e. The highest BCUT2D eigenvalue weighted by molar-refractivity contribution is 6.31. The van der Waals surface area contributed by atoms with E-state index in [0.717, 1.165) is 63.1 Å². The van der Waals surface area contributed by atoms with E-state index >= 15 is 0 Å². The average Bonchev–Trinajstić information content (AvgIpc) is 3.60. The van der Waals surface area contributed by atoms with E-state index in [0.29, 0.717) is 58.4 Å². The molecule has 294 valence electrons. The number of fused-ring (bicyclic) bond motifs is 1. The number of hydrogen-bond donors (Lipinski definition) is 2. The van der Waals surface area contributed by atoms with Gasteiger partial charge in [0.1, 0.15) is 29.4 Å². The highest BCUT2D eigenvalue weighted by atomic mass is 35.5. The summed E-state index contributed by atoms with van der Waals surface area (Å²) in [6, 6.07) is 20.5. The van der Waals surface area contributed by atoms with Crippen molar-refractivity contribution in [1.29, 1.82) is 5.26 Å². The molecule has 0 spiro atoms. The predicted molar refractivity (Wildman–Crippen MR) is 213 cm³/mol. The van der Waals surface area contributed by atoms with E-state index < -0.39 is 5.92 Å². The number of anilines is 1. The maximum atomic E-state index is 13.4. The standard InChI is InChI=1S/C43H49ClN6O6/c1-42(2)40(43(3,4)41(42)55-31-13-10-28(26-45)34(44)24-31)47-38(52)27-8-11-29(12-9-27)50-21-19-49(20-22-50)18-6-5-7-23-54-30-14-15-32-35(25-30)56-48-37(32)33-16-17-36(51)46-39(33)53/h8-15,24-25,33,40-41H,5-7,16-23H2,1-4H3,(H,47,52)(H,46,51,53). The number of halogens is 1. The highest BCUT2D eigenvalue weighted by Gasteiger charge is 2.64. The summed E-state index contributed by atoms with van der Waals surface area (Å²) in [5, 5.41) is 20.1. The van der Waals surface area contributed by atoms with Crippen LogP contribution in [-0.4, -0.2) is 79.3 Å². The van der Waals surface area contributed by atoms with Gasteiger partial charge in [-0.25, -0.2) is 0 Å². The fraction of sp³-hybridized carbons (Fsp3) is 0.465. The predicted octanol–water partition coefficient (Wildman–Crippen LogP) is 6.86. The van der Waals surface area contributed by atoms with Gasteiger partial charge in [0.25, 0.3) is 5.91 Å². The molecule has 7 rings (SSSR count). The van der Waals surface area contributed by atoms with Crippen LogP contribution in [0.15, 0.2) is 65.2 Å². The van der Waals surface area contributed by atoms with Crippen LogP contribution >= 0.6 is 11.6 Å². The Bertz CT molecular complexity index is 2120. The first kappa shape index (κ1) is 39.1. The van der Waals surface area contributed by atoms with Gasteiger partial charge >= 0.3 is 0 Å². The molecule has 3 fully saturated rings. The van der Waals surface area contributed by atoms with Gasteiger partial charge in [0.2, 0.25) is 11.8 Å². The average molecular weight is 781 g/mol. The van der Waals surface area contributed by atoms with Crippen LogP contribution in [0.1, 0.15) is 87.3 Å². The first-order valence-corrected chi connectivity index (χ1v) is 19.8. The minimum Gasteiger partial charge on any atom is -0.493 e. The summed E-state index contributed by atoms with van der Waals surface area (Å²) in [7, 11) is 0. The molecule has 13 heteroatoms. The number of carbonyl (C=O) groups is 3. The number of nitrogens with zero attached hydrogens (tertiary/aromatic N) is 4. The summed E-state index contributed by atoms with van der Waals surface area (Å²) in [6.07, 6.45) is 3.64. The van der Waals surface area contributed by atoms with E-state index in [1.54, 1.807) is 24.3 Å². The van der Waals surface area contributed by atoms with Crippen molar-refractivity contribution in [3.05, 3.63) is 82.5 Å². The lowest BCUT2D eigenvalue weighted by Gasteiger charge is -2.63. The summed E-state index contributed by atoms with van der Waals surface area (Å²) >= 11 is 6.24. The molecule has 3 aromatic carbocycles. The van der Waals surface area contributed by atoms with E-state index in [2.05, 4.69) is 59.4 Å². The van der Waals surface area contributed by atoms with Gasteiger partial charge in [-0.1, -0.05) is 44.5 Å². The third-order valence-electron chi connectivity index (χ3n) is 11.7. The summed E-state index contributed by atoms with van der Waals surface area (Å²) in [5.74, 6) is 0.127. The van der Waals surface area contributed by atoms with Gasteiger partial charge in [-0.3, -0.25) is 24.6 Å². The Labute approximate surface area is 332 Å². The number of imide groups is 1. The number of carbonyl (C=O) groups excluding carboxylic acids is 3. The summed E-state index contributed by atoms with van der Waals surface area (Å²) in [5.41, 5.74) is 2.60. The van der Waals surface area contributed by atoms with E-state index in [9.17, 15) is 19.6 Å². The Morgan fingerprint density at radius 2 is 1.71 bits per heavy atom. The summed E-state index contributed by atoms with van der Waals surface area (Å²) in [6.45, 7) is 13.9. The van der Waals surface area contributed by atoms with Gasteiger partial charge in [0.15, 0.2) is 5.58 Å². The van der Waals surface area contributed by atoms with Crippen LogP contribution in [0, 0.1) is 22.2 Å². The normalized spacial score (nSPS) is 21.9. The van der Waals surface area contributed by atoms with Crippen molar-refractivity contribution >= 4 is 46.0 Å². The van der Waals surface area contributed by atoms with E-state index in [4.69, 9.17) is 25.6 Å². The number of unbranched alkanes of at least 4 members (excludes halogenated alkanes) is 2. The van der Waals surface area contributed by atoms with Crippen LogP contribution in [-0.2, 0) is 9.59 Å². The minimum atomic E-state index is -0.490. The van der Waals surface area contributed by atoms with Crippen molar-refractivity contribution < 1.29 is 28.4 Å². The van der Waals surface area contributed by atoms with E-state index in [-0.39, 0.29) is 40.7 Å². The topological polar surface area (TPSA) is 150 Å².